The van der Waals surface area contributed by atoms with E-state index in [0.717, 1.165) is 55.2 Å². The SMILES string of the molecule is c1ccc(-n2c3ccccc3c3ccccc32)c(-c2nc(-c3ccc4c5cccc6c7ccccc7n(c4c3)c65)nc(-n3c4ccccc4c4ccccc43)n2)c1. The zero-order chi connectivity index (χ0) is 37.2. The van der Waals surface area contributed by atoms with Crippen molar-refractivity contribution in [1.82, 2.24) is 28.5 Å². The van der Waals surface area contributed by atoms with Gasteiger partial charge >= 0.3 is 0 Å². The van der Waals surface area contributed by atoms with E-state index in [1.54, 1.807) is 0 Å². The predicted molar refractivity (Wildman–Crippen MR) is 234 cm³/mol. The lowest BCUT2D eigenvalue weighted by atomic mass is 10.1. The lowest BCUT2D eigenvalue weighted by molar-refractivity contribution is 0.952. The van der Waals surface area contributed by atoms with Crippen molar-refractivity contribution >= 4 is 81.7 Å². The van der Waals surface area contributed by atoms with Gasteiger partial charge in [-0.15, -0.1) is 0 Å². The van der Waals surface area contributed by atoms with Gasteiger partial charge in [-0.2, -0.15) is 9.97 Å². The molecule has 8 aromatic carbocycles. The Bertz CT molecular complexity index is 3660. The average Bonchev–Trinajstić information content (AvgIpc) is 4.01. The minimum absolute atomic E-state index is 0.571. The van der Waals surface area contributed by atoms with Crippen LogP contribution in [0, 0.1) is 0 Å². The summed E-state index contributed by atoms with van der Waals surface area (Å²) in [5.41, 5.74) is 10.8. The van der Waals surface area contributed by atoms with Crippen LogP contribution >= 0.6 is 0 Å². The Kier molecular flexibility index (Phi) is 6.07. The molecule has 5 aromatic heterocycles. The summed E-state index contributed by atoms with van der Waals surface area (Å²) < 4.78 is 6.94. The third-order valence-corrected chi connectivity index (χ3v) is 11.9. The van der Waals surface area contributed by atoms with Gasteiger partial charge in [-0.05, 0) is 48.5 Å². The van der Waals surface area contributed by atoms with Crippen molar-refractivity contribution in [1.29, 1.82) is 0 Å². The molecule has 0 N–H and O–H groups in total. The molecule has 0 aliphatic heterocycles. The lowest BCUT2D eigenvalue weighted by Gasteiger charge is -2.15. The number of hydrogen-bond donors (Lipinski definition) is 0. The maximum absolute atomic E-state index is 5.39. The Balaban J connectivity index is 1.12. The highest BCUT2D eigenvalue weighted by atomic mass is 15.2. The van der Waals surface area contributed by atoms with E-state index in [9.17, 15) is 0 Å². The van der Waals surface area contributed by atoms with Gasteiger partial charge in [0.2, 0.25) is 5.95 Å². The highest BCUT2D eigenvalue weighted by molar-refractivity contribution is 6.23. The van der Waals surface area contributed by atoms with Crippen LogP contribution in [0.5, 0.6) is 0 Å². The van der Waals surface area contributed by atoms with Crippen molar-refractivity contribution in [3.05, 3.63) is 182 Å². The second-order valence-electron chi connectivity index (χ2n) is 14.8. The molecule has 0 saturated heterocycles. The first-order valence-electron chi connectivity index (χ1n) is 19.3. The number of rotatable bonds is 4. The van der Waals surface area contributed by atoms with E-state index in [1.807, 2.05) is 0 Å². The van der Waals surface area contributed by atoms with Gasteiger partial charge in [0, 0.05) is 54.2 Å². The van der Waals surface area contributed by atoms with Gasteiger partial charge in [-0.25, -0.2) is 4.98 Å². The molecule has 0 fully saturated rings. The van der Waals surface area contributed by atoms with Crippen LogP contribution in [0.4, 0.5) is 0 Å². The maximum atomic E-state index is 5.39. The van der Waals surface area contributed by atoms with E-state index in [-0.39, 0.29) is 0 Å². The Labute approximate surface area is 325 Å². The number of aromatic nitrogens is 6. The fourth-order valence-corrected chi connectivity index (χ4v) is 9.46. The Morgan fingerprint density at radius 1 is 0.316 bits per heavy atom. The summed E-state index contributed by atoms with van der Waals surface area (Å²) in [4.78, 5) is 16.1. The second-order valence-corrected chi connectivity index (χ2v) is 14.8. The molecular formula is C51H30N6. The fourth-order valence-electron chi connectivity index (χ4n) is 9.46. The molecule has 5 heterocycles. The van der Waals surface area contributed by atoms with E-state index in [4.69, 9.17) is 15.0 Å². The van der Waals surface area contributed by atoms with E-state index < -0.39 is 0 Å². The van der Waals surface area contributed by atoms with Crippen LogP contribution in [0.1, 0.15) is 0 Å². The third-order valence-electron chi connectivity index (χ3n) is 11.9. The van der Waals surface area contributed by atoms with Crippen LogP contribution < -0.4 is 0 Å². The molecule has 0 aliphatic rings. The summed E-state index contributed by atoms with van der Waals surface area (Å²) in [7, 11) is 0. The van der Waals surface area contributed by atoms with E-state index in [2.05, 4.69) is 196 Å². The molecule has 57 heavy (non-hydrogen) atoms. The van der Waals surface area contributed by atoms with Gasteiger partial charge < -0.3 is 8.97 Å². The normalized spacial score (nSPS) is 12.2. The zero-order valence-electron chi connectivity index (χ0n) is 30.5. The van der Waals surface area contributed by atoms with Gasteiger partial charge in [0.1, 0.15) is 0 Å². The number of hydrogen-bond acceptors (Lipinski definition) is 3. The summed E-state index contributed by atoms with van der Waals surface area (Å²) in [6, 6.07) is 64.7. The molecule has 13 rings (SSSR count). The molecule has 0 spiro atoms. The highest BCUT2D eigenvalue weighted by Crippen LogP contribution is 2.41. The second kappa shape index (κ2) is 11.4. The van der Waals surface area contributed by atoms with Crippen LogP contribution in [0.2, 0.25) is 0 Å². The molecule has 0 radical (unpaired) electrons. The lowest BCUT2D eigenvalue weighted by Crippen LogP contribution is -2.07. The number of benzene rings is 8. The summed E-state index contributed by atoms with van der Waals surface area (Å²) >= 11 is 0. The molecule has 264 valence electrons. The van der Waals surface area contributed by atoms with Crippen molar-refractivity contribution in [3.63, 3.8) is 0 Å². The van der Waals surface area contributed by atoms with Crippen LogP contribution in [0.25, 0.3) is 116 Å². The summed E-state index contributed by atoms with van der Waals surface area (Å²) in [6.07, 6.45) is 0. The molecule has 6 heteroatoms. The minimum Gasteiger partial charge on any atom is -0.309 e. The van der Waals surface area contributed by atoms with E-state index in [0.29, 0.717) is 17.6 Å². The van der Waals surface area contributed by atoms with Crippen molar-refractivity contribution in [2.75, 3.05) is 0 Å². The first-order chi connectivity index (χ1) is 28.3. The van der Waals surface area contributed by atoms with E-state index >= 15 is 0 Å². The van der Waals surface area contributed by atoms with Crippen molar-refractivity contribution in [3.8, 4) is 34.4 Å². The van der Waals surface area contributed by atoms with Gasteiger partial charge in [-0.3, -0.25) is 4.57 Å². The van der Waals surface area contributed by atoms with Gasteiger partial charge in [0.05, 0.1) is 44.3 Å². The molecule has 0 unspecified atom stereocenters. The number of nitrogens with zero attached hydrogens (tertiary/aromatic N) is 6. The Hall–Kier alpha value is -7.83. The molecule has 13 aromatic rings. The first kappa shape index (κ1) is 30.5. The van der Waals surface area contributed by atoms with Crippen LogP contribution in [0.15, 0.2) is 182 Å². The van der Waals surface area contributed by atoms with Crippen LogP contribution in [-0.4, -0.2) is 28.5 Å². The van der Waals surface area contributed by atoms with Crippen LogP contribution in [0.3, 0.4) is 0 Å². The average molecular weight is 727 g/mol. The summed E-state index contributed by atoms with van der Waals surface area (Å²) in [5.74, 6) is 1.79. The molecule has 0 saturated carbocycles. The summed E-state index contributed by atoms with van der Waals surface area (Å²) in [6.45, 7) is 0. The van der Waals surface area contributed by atoms with E-state index in [1.165, 1.54) is 43.4 Å². The molecule has 6 nitrogen and oxygen atoms in total. The van der Waals surface area contributed by atoms with Gasteiger partial charge in [0.15, 0.2) is 11.6 Å². The quantitative estimate of drug-likeness (QED) is 0.181. The maximum Gasteiger partial charge on any atom is 0.238 e. The first-order valence-corrected chi connectivity index (χ1v) is 19.3. The van der Waals surface area contributed by atoms with Gasteiger partial charge in [0.25, 0.3) is 0 Å². The standard InChI is InChI=1S/C51H30N6/c1-7-22-41-32(14-1)33-15-2-8-23-42(33)55(41)46-27-12-6-19-40(46)50-52-49(53-51(54-50)57-44-25-10-3-16-34(44)35-17-4-11-26-45(35)57)31-28-29-37-39-21-13-20-38-36-18-5-9-24-43(36)56(48(38)39)47(37)30-31/h1-30H. The Morgan fingerprint density at radius 2 is 0.772 bits per heavy atom. The van der Waals surface area contributed by atoms with Crippen molar-refractivity contribution in [2.24, 2.45) is 0 Å². The number of fused-ring (bicyclic) bond motifs is 12. The molecule has 0 atom stereocenters. The highest BCUT2D eigenvalue weighted by Gasteiger charge is 2.22. The Morgan fingerprint density at radius 3 is 1.39 bits per heavy atom. The topological polar surface area (TPSA) is 52.9 Å². The van der Waals surface area contributed by atoms with Crippen molar-refractivity contribution < 1.29 is 0 Å². The smallest absolute Gasteiger partial charge is 0.238 e. The predicted octanol–water partition coefficient (Wildman–Crippen LogP) is 12.5. The monoisotopic (exact) mass is 726 g/mol. The van der Waals surface area contributed by atoms with Gasteiger partial charge in [-0.1, -0.05) is 133 Å². The molecule has 0 bridgehead atoms. The zero-order valence-corrected chi connectivity index (χ0v) is 30.5. The summed E-state index contributed by atoms with van der Waals surface area (Å²) in [5, 5.41) is 9.68. The third kappa shape index (κ3) is 4.16. The molecule has 0 aliphatic carbocycles. The molecule has 0 amide bonds. The fraction of sp³-hybridized carbons (Fsp3) is 0. The molecular weight excluding hydrogens is 697 g/mol. The number of para-hydroxylation sites is 7. The van der Waals surface area contributed by atoms with Crippen LogP contribution in [-0.2, 0) is 0 Å². The van der Waals surface area contributed by atoms with Crippen molar-refractivity contribution in [2.45, 2.75) is 0 Å². The largest absolute Gasteiger partial charge is 0.309 e. The minimum atomic E-state index is 0.571.